The van der Waals surface area contributed by atoms with Crippen LogP contribution in [0.1, 0.15) is 42.4 Å². The quantitative estimate of drug-likeness (QED) is 0.514. The van der Waals surface area contributed by atoms with Crippen LogP contribution in [0.25, 0.3) is 0 Å². The molecule has 0 radical (unpaired) electrons. The summed E-state index contributed by atoms with van der Waals surface area (Å²) in [5.74, 6) is -0.905. The van der Waals surface area contributed by atoms with Crippen molar-refractivity contribution in [2.24, 2.45) is 0 Å². The van der Waals surface area contributed by atoms with Crippen LogP contribution in [-0.2, 0) is 17.9 Å². The normalized spacial score (nSPS) is 13.0. The fourth-order valence-electron chi connectivity index (χ4n) is 2.93. The minimum absolute atomic E-state index is 0.0487. The maximum Gasteiger partial charge on any atom is 0.338 e. The fraction of sp³-hybridized carbons (Fsp3) is 0.0952. The highest BCUT2D eigenvalue weighted by molar-refractivity contribution is 6.21. The first-order valence-electron chi connectivity index (χ1n) is 8.37. The third-order valence-electron chi connectivity index (χ3n) is 4.31. The molecule has 0 saturated carbocycles. The summed E-state index contributed by atoms with van der Waals surface area (Å²) in [5, 5.41) is 0. The summed E-state index contributed by atoms with van der Waals surface area (Å²) in [7, 11) is 0. The predicted octanol–water partition coefficient (Wildman–Crippen LogP) is 3.43. The Hall–Kier alpha value is -3.67. The van der Waals surface area contributed by atoms with Crippen molar-refractivity contribution in [1.29, 1.82) is 0 Å². The number of rotatable bonds is 5. The van der Waals surface area contributed by atoms with E-state index in [1.807, 2.05) is 30.3 Å². The molecule has 0 spiro atoms. The van der Waals surface area contributed by atoms with Gasteiger partial charge in [-0.25, -0.2) is 4.79 Å². The number of esters is 1. The zero-order valence-electron chi connectivity index (χ0n) is 14.3. The molecule has 134 valence electrons. The SMILES string of the molecule is O=C(OCc1ccccc1)c1ccc2c(c1)C(=O)N(Cc1ccco1)C2=O. The Morgan fingerprint density at radius 3 is 2.44 bits per heavy atom. The first kappa shape index (κ1) is 16.8. The molecule has 3 aromatic rings. The van der Waals surface area contributed by atoms with E-state index < -0.39 is 17.8 Å². The van der Waals surface area contributed by atoms with E-state index in [1.165, 1.54) is 24.5 Å². The van der Waals surface area contributed by atoms with Crippen LogP contribution in [0.5, 0.6) is 0 Å². The number of hydrogen-bond acceptors (Lipinski definition) is 5. The lowest BCUT2D eigenvalue weighted by molar-refractivity contribution is 0.0472. The van der Waals surface area contributed by atoms with Crippen LogP contribution in [0.15, 0.2) is 71.3 Å². The average molecular weight is 361 g/mol. The molecule has 0 unspecified atom stereocenters. The minimum Gasteiger partial charge on any atom is -0.467 e. The van der Waals surface area contributed by atoms with Gasteiger partial charge in [0.1, 0.15) is 12.4 Å². The van der Waals surface area contributed by atoms with Gasteiger partial charge < -0.3 is 9.15 Å². The number of hydrogen-bond donors (Lipinski definition) is 0. The Morgan fingerprint density at radius 1 is 0.926 bits per heavy atom. The van der Waals surface area contributed by atoms with Crippen LogP contribution in [0.3, 0.4) is 0 Å². The van der Waals surface area contributed by atoms with Crippen molar-refractivity contribution >= 4 is 17.8 Å². The van der Waals surface area contributed by atoms with Crippen LogP contribution >= 0.6 is 0 Å². The monoisotopic (exact) mass is 361 g/mol. The number of fused-ring (bicyclic) bond motifs is 1. The zero-order valence-corrected chi connectivity index (χ0v) is 14.3. The van der Waals surface area contributed by atoms with E-state index in [9.17, 15) is 14.4 Å². The molecule has 2 amide bonds. The minimum atomic E-state index is -0.550. The number of amides is 2. The van der Waals surface area contributed by atoms with Gasteiger partial charge in [0.05, 0.1) is 29.5 Å². The molecule has 2 aromatic carbocycles. The molecule has 1 aliphatic heterocycles. The molecule has 0 fully saturated rings. The number of imide groups is 1. The van der Waals surface area contributed by atoms with Crippen LogP contribution in [0.2, 0.25) is 0 Å². The van der Waals surface area contributed by atoms with Crippen LogP contribution in [0.4, 0.5) is 0 Å². The van der Waals surface area contributed by atoms with E-state index in [0.717, 1.165) is 10.5 Å². The molecular formula is C21H15NO5. The summed E-state index contributed by atoms with van der Waals surface area (Å²) >= 11 is 0. The molecule has 1 aliphatic rings. The zero-order chi connectivity index (χ0) is 18.8. The number of carbonyl (C=O) groups excluding carboxylic acids is 3. The first-order chi connectivity index (χ1) is 13.1. The molecule has 27 heavy (non-hydrogen) atoms. The number of carbonyl (C=O) groups is 3. The first-order valence-corrected chi connectivity index (χ1v) is 8.37. The Balaban J connectivity index is 1.51. The van der Waals surface area contributed by atoms with Gasteiger partial charge in [0.2, 0.25) is 0 Å². The standard InChI is InChI=1S/C21H15NO5/c23-19-17-9-8-15(21(25)27-13-14-5-2-1-3-6-14)11-18(17)20(24)22(19)12-16-7-4-10-26-16/h1-11H,12-13H2. The van der Waals surface area contributed by atoms with Crippen molar-refractivity contribution in [1.82, 2.24) is 4.90 Å². The lowest BCUT2D eigenvalue weighted by Gasteiger charge is -2.11. The largest absolute Gasteiger partial charge is 0.467 e. The Kier molecular flexibility index (Phi) is 4.30. The Labute approximate surface area is 155 Å². The van der Waals surface area contributed by atoms with Gasteiger partial charge in [-0.3, -0.25) is 14.5 Å². The maximum atomic E-state index is 12.6. The molecule has 1 aromatic heterocycles. The van der Waals surface area contributed by atoms with E-state index in [2.05, 4.69) is 0 Å². The van der Waals surface area contributed by atoms with Gasteiger partial charge in [-0.15, -0.1) is 0 Å². The van der Waals surface area contributed by atoms with Crippen molar-refractivity contribution in [2.45, 2.75) is 13.2 Å². The van der Waals surface area contributed by atoms with Gasteiger partial charge in [-0.2, -0.15) is 0 Å². The van der Waals surface area contributed by atoms with Crippen molar-refractivity contribution < 1.29 is 23.5 Å². The van der Waals surface area contributed by atoms with Crippen LogP contribution in [0, 0.1) is 0 Å². The highest BCUT2D eigenvalue weighted by Gasteiger charge is 2.36. The smallest absolute Gasteiger partial charge is 0.338 e. The van der Waals surface area contributed by atoms with Crippen molar-refractivity contribution in [3.8, 4) is 0 Å². The summed E-state index contributed by atoms with van der Waals surface area (Å²) in [5.41, 5.74) is 1.56. The molecule has 6 nitrogen and oxygen atoms in total. The van der Waals surface area contributed by atoms with E-state index in [4.69, 9.17) is 9.15 Å². The number of benzene rings is 2. The highest BCUT2D eigenvalue weighted by atomic mass is 16.5. The molecule has 6 heteroatoms. The molecule has 4 rings (SSSR count). The summed E-state index contributed by atoms with van der Waals surface area (Å²) in [6, 6.07) is 17.1. The second-order valence-corrected chi connectivity index (χ2v) is 6.10. The number of ether oxygens (including phenoxy) is 1. The maximum absolute atomic E-state index is 12.6. The lowest BCUT2D eigenvalue weighted by atomic mass is 10.1. The topological polar surface area (TPSA) is 76.8 Å². The fourth-order valence-corrected chi connectivity index (χ4v) is 2.93. The van der Waals surface area contributed by atoms with E-state index >= 15 is 0 Å². The summed E-state index contributed by atoms with van der Waals surface area (Å²) in [4.78, 5) is 38.5. The molecule has 0 saturated heterocycles. The van der Waals surface area contributed by atoms with Gasteiger partial charge >= 0.3 is 5.97 Å². The number of furan rings is 1. The molecule has 0 N–H and O–H groups in total. The average Bonchev–Trinajstić information content (AvgIpc) is 3.30. The Bertz CT molecular complexity index is 1010. The van der Waals surface area contributed by atoms with Crippen LogP contribution in [-0.4, -0.2) is 22.7 Å². The van der Waals surface area contributed by atoms with Gasteiger partial charge in [0.15, 0.2) is 0 Å². The van der Waals surface area contributed by atoms with Gasteiger partial charge in [-0.1, -0.05) is 30.3 Å². The van der Waals surface area contributed by atoms with Gasteiger partial charge in [0.25, 0.3) is 11.8 Å². The van der Waals surface area contributed by atoms with E-state index in [-0.39, 0.29) is 29.8 Å². The lowest BCUT2D eigenvalue weighted by Crippen LogP contribution is -2.28. The van der Waals surface area contributed by atoms with Crippen LogP contribution < -0.4 is 0 Å². The molecule has 0 aliphatic carbocycles. The molecule has 2 heterocycles. The molecule has 0 bridgehead atoms. The van der Waals surface area contributed by atoms with E-state index in [1.54, 1.807) is 12.1 Å². The third kappa shape index (κ3) is 3.25. The van der Waals surface area contributed by atoms with E-state index in [0.29, 0.717) is 5.76 Å². The third-order valence-corrected chi connectivity index (χ3v) is 4.31. The molecule has 0 atom stereocenters. The predicted molar refractivity (Wildman–Crippen MR) is 94.9 cm³/mol. The molecular weight excluding hydrogens is 346 g/mol. The van der Waals surface area contributed by atoms with Crippen molar-refractivity contribution in [3.05, 3.63) is 94.9 Å². The highest BCUT2D eigenvalue weighted by Crippen LogP contribution is 2.26. The Morgan fingerprint density at radius 2 is 1.70 bits per heavy atom. The summed E-state index contributed by atoms with van der Waals surface area (Å²) in [6.07, 6.45) is 1.48. The summed E-state index contributed by atoms with van der Waals surface area (Å²) < 4.78 is 10.5. The summed E-state index contributed by atoms with van der Waals surface area (Å²) in [6.45, 7) is 0.182. The number of nitrogens with zero attached hydrogens (tertiary/aromatic N) is 1. The van der Waals surface area contributed by atoms with Crippen molar-refractivity contribution in [3.63, 3.8) is 0 Å². The van der Waals surface area contributed by atoms with Crippen molar-refractivity contribution in [2.75, 3.05) is 0 Å². The van der Waals surface area contributed by atoms with Gasteiger partial charge in [-0.05, 0) is 35.9 Å². The van der Waals surface area contributed by atoms with Gasteiger partial charge in [0, 0.05) is 0 Å². The second-order valence-electron chi connectivity index (χ2n) is 6.10. The second kappa shape index (κ2) is 6.92.